The lowest BCUT2D eigenvalue weighted by Crippen LogP contribution is -2.05. The second-order valence-corrected chi connectivity index (χ2v) is 4.51. The molecule has 0 spiro atoms. The highest BCUT2D eigenvalue weighted by molar-refractivity contribution is 6.38. The summed E-state index contributed by atoms with van der Waals surface area (Å²) < 4.78 is 38.9. The average Bonchev–Trinajstić information content (AvgIpc) is 2.33. The molecule has 19 heavy (non-hydrogen) atoms. The van der Waals surface area contributed by atoms with Crippen molar-refractivity contribution in [1.29, 1.82) is 0 Å². The Kier molecular flexibility index (Phi) is 3.83. The number of halogens is 5. The van der Waals surface area contributed by atoms with Gasteiger partial charge in [0.15, 0.2) is 17.4 Å². The summed E-state index contributed by atoms with van der Waals surface area (Å²) in [6.07, 6.45) is 0. The van der Waals surface area contributed by atoms with Crippen molar-refractivity contribution in [2.45, 2.75) is 0 Å². The minimum atomic E-state index is -1.20. The van der Waals surface area contributed by atoms with Gasteiger partial charge in [-0.05, 0) is 30.3 Å². The standard InChI is InChI=1S/C13H5Cl2F3O/c14-9-3-6(16)1-2-7(9)13(19)8-4-11(17)12(18)5-10(8)15/h1-5H. The van der Waals surface area contributed by atoms with Crippen molar-refractivity contribution in [1.82, 2.24) is 0 Å². The van der Waals surface area contributed by atoms with Crippen molar-refractivity contribution in [3.05, 3.63) is 69.0 Å². The van der Waals surface area contributed by atoms with E-state index >= 15 is 0 Å². The van der Waals surface area contributed by atoms with Gasteiger partial charge in [-0.1, -0.05) is 23.2 Å². The van der Waals surface area contributed by atoms with Crippen molar-refractivity contribution in [2.75, 3.05) is 0 Å². The Morgan fingerprint density at radius 2 is 1.42 bits per heavy atom. The first kappa shape index (κ1) is 13.9. The van der Waals surface area contributed by atoms with E-state index in [9.17, 15) is 18.0 Å². The number of benzene rings is 2. The van der Waals surface area contributed by atoms with E-state index in [1.165, 1.54) is 0 Å². The van der Waals surface area contributed by atoms with Crippen molar-refractivity contribution in [2.24, 2.45) is 0 Å². The molecule has 0 fully saturated rings. The number of hydrogen-bond donors (Lipinski definition) is 0. The molecule has 0 aliphatic rings. The quantitative estimate of drug-likeness (QED) is 0.583. The second kappa shape index (κ2) is 5.23. The molecule has 0 saturated carbocycles. The van der Waals surface area contributed by atoms with Crippen LogP contribution in [0.25, 0.3) is 0 Å². The van der Waals surface area contributed by atoms with Gasteiger partial charge in [0, 0.05) is 11.1 Å². The van der Waals surface area contributed by atoms with Crippen LogP contribution in [0.5, 0.6) is 0 Å². The lowest BCUT2D eigenvalue weighted by Gasteiger charge is -2.06. The van der Waals surface area contributed by atoms with E-state index < -0.39 is 23.2 Å². The zero-order valence-electron chi connectivity index (χ0n) is 9.18. The zero-order chi connectivity index (χ0) is 14.2. The van der Waals surface area contributed by atoms with Crippen molar-refractivity contribution in [3.8, 4) is 0 Å². The Bertz CT molecular complexity index is 671. The third-order valence-corrected chi connectivity index (χ3v) is 3.06. The van der Waals surface area contributed by atoms with Crippen molar-refractivity contribution < 1.29 is 18.0 Å². The lowest BCUT2D eigenvalue weighted by molar-refractivity contribution is 0.103. The summed E-state index contributed by atoms with van der Waals surface area (Å²) in [5.74, 6) is -3.69. The molecule has 0 aliphatic heterocycles. The number of hydrogen-bond acceptors (Lipinski definition) is 1. The SMILES string of the molecule is O=C(c1ccc(F)cc1Cl)c1cc(F)c(F)cc1Cl. The molecule has 0 saturated heterocycles. The van der Waals surface area contributed by atoms with Gasteiger partial charge < -0.3 is 0 Å². The van der Waals surface area contributed by atoms with E-state index in [1.54, 1.807) is 0 Å². The van der Waals surface area contributed by atoms with Crippen LogP contribution in [0.1, 0.15) is 15.9 Å². The molecule has 0 N–H and O–H groups in total. The Hall–Kier alpha value is -1.52. The van der Waals surface area contributed by atoms with Gasteiger partial charge in [-0.3, -0.25) is 4.79 Å². The molecule has 1 nitrogen and oxygen atoms in total. The van der Waals surface area contributed by atoms with E-state index in [0.717, 1.165) is 18.2 Å². The normalized spacial score (nSPS) is 10.6. The van der Waals surface area contributed by atoms with Gasteiger partial charge in [-0.25, -0.2) is 13.2 Å². The first-order chi connectivity index (χ1) is 8.90. The minimum absolute atomic E-state index is 0.0454. The predicted octanol–water partition coefficient (Wildman–Crippen LogP) is 4.64. The topological polar surface area (TPSA) is 17.1 Å². The van der Waals surface area contributed by atoms with Crippen LogP contribution >= 0.6 is 23.2 Å². The van der Waals surface area contributed by atoms with E-state index in [0.29, 0.717) is 12.1 Å². The molecular weight excluding hydrogens is 300 g/mol. The molecule has 6 heteroatoms. The summed E-state index contributed by atoms with van der Waals surface area (Å²) in [4.78, 5) is 12.1. The predicted molar refractivity (Wildman–Crippen MR) is 66.2 cm³/mol. The van der Waals surface area contributed by atoms with E-state index in [-0.39, 0.29) is 21.2 Å². The highest BCUT2D eigenvalue weighted by Crippen LogP contribution is 2.26. The van der Waals surface area contributed by atoms with Gasteiger partial charge in [-0.2, -0.15) is 0 Å². The molecule has 0 aliphatic carbocycles. The van der Waals surface area contributed by atoms with Crippen molar-refractivity contribution in [3.63, 3.8) is 0 Å². The van der Waals surface area contributed by atoms with Crippen LogP contribution < -0.4 is 0 Å². The maximum absolute atomic E-state index is 13.1. The third-order valence-electron chi connectivity index (χ3n) is 2.43. The van der Waals surface area contributed by atoms with Gasteiger partial charge in [0.05, 0.1) is 10.0 Å². The summed E-state index contributed by atoms with van der Waals surface area (Å²) in [6, 6.07) is 4.51. The number of carbonyl (C=O) groups is 1. The summed E-state index contributed by atoms with van der Waals surface area (Å²) in [7, 11) is 0. The average molecular weight is 305 g/mol. The molecule has 2 aromatic rings. The number of rotatable bonds is 2. The summed E-state index contributed by atoms with van der Waals surface area (Å²) in [6.45, 7) is 0. The Balaban J connectivity index is 2.53. The van der Waals surface area contributed by atoms with Gasteiger partial charge in [0.1, 0.15) is 5.82 Å². The van der Waals surface area contributed by atoms with Crippen LogP contribution in [0.2, 0.25) is 10.0 Å². The number of ketones is 1. The fraction of sp³-hybridized carbons (Fsp3) is 0. The molecule has 0 radical (unpaired) electrons. The highest BCUT2D eigenvalue weighted by atomic mass is 35.5. The van der Waals surface area contributed by atoms with Crippen LogP contribution in [0.15, 0.2) is 30.3 Å². The molecule has 0 unspecified atom stereocenters. The first-order valence-corrected chi connectivity index (χ1v) is 5.80. The van der Waals surface area contributed by atoms with Crippen LogP contribution in [-0.2, 0) is 0 Å². The Morgan fingerprint density at radius 3 is 2.05 bits per heavy atom. The Morgan fingerprint density at radius 1 is 0.842 bits per heavy atom. The maximum atomic E-state index is 13.1. The van der Waals surface area contributed by atoms with Gasteiger partial charge in [-0.15, -0.1) is 0 Å². The summed E-state index contributed by atoms with van der Waals surface area (Å²) >= 11 is 11.4. The lowest BCUT2D eigenvalue weighted by atomic mass is 10.0. The van der Waals surface area contributed by atoms with Gasteiger partial charge in [0.25, 0.3) is 0 Å². The minimum Gasteiger partial charge on any atom is -0.288 e. The van der Waals surface area contributed by atoms with E-state index in [1.807, 2.05) is 0 Å². The molecule has 0 amide bonds. The molecule has 0 bridgehead atoms. The second-order valence-electron chi connectivity index (χ2n) is 3.70. The van der Waals surface area contributed by atoms with E-state index in [4.69, 9.17) is 23.2 Å². The highest BCUT2D eigenvalue weighted by Gasteiger charge is 2.19. The zero-order valence-corrected chi connectivity index (χ0v) is 10.7. The monoisotopic (exact) mass is 304 g/mol. The molecule has 0 atom stereocenters. The molecule has 0 heterocycles. The molecule has 2 rings (SSSR count). The van der Waals surface area contributed by atoms with Gasteiger partial charge >= 0.3 is 0 Å². The van der Waals surface area contributed by atoms with Crippen LogP contribution in [0, 0.1) is 17.5 Å². The van der Waals surface area contributed by atoms with Crippen molar-refractivity contribution >= 4 is 29.0 Å². The molecular formula is C13H5Cl2F3O. The van der Waals surface area contributed by atoms with E-state index in [2.05, 4.69) is 0 Å². The fourth-order valence-corrected chi connectivity index (χ4v) is 2.00. The first-order valence-electron chi connectivity index (χ1n) is 5.04. The molecule has 2 aromatic carbocycles. The van der Waals surface area contributed by atoms with Crippen LogP contribution in [0.3, 0.4) is 0 Å². The number of carbonyl (C=O) groups excluding carboxylic acids is 1. The Labute approximate surface area is 116 Å². The van der Waals surface area contributed by atoms with Crippen LogP contribution in [-0.4, -0.2) is 5.78 Å². The maximum Gasteiger partial charge on any atom is 0.196 e. The smallest absolute Gasteiger partial charge is 0.196 e. The largest absolute Gasteiger partial charge is 0.288 e. The summed E-state index contributed by atoms with van der Waals surface area (Å²) in [5.41, 5.74) is -0.287. The molecule has 0 aromatic heterocycles. The summed E-state index contributed by atoms with van der Waals surface area (Å²) in [5, 5.41) is -0.380. The van der Waals surface area contributed by atoms with Crippen LogP contribution in [0.4, 0.5) is 13.2 Å². The van der Waals surface area contributed by atoms with Gasteiger partial charge in [0.2, 0.25) is 0 Å². The fourth-order valence-electron chi connectivity index (χ4n) is 1.52. The molecule has 98 valence electrons. The third kappa shape index (κ3) is 2.74.